The van der Waals surface area contributed by atoms with Crippen LogP contribution >= 0.6 is 0 Å². The summed E-state index contributed by atoms with van der Waals surface area (Å²) in [6, 6.07) is 12.0. The molecule has 2 aromatic heterocycles. The van der Waals surface area contributed by atoms with Crippen LogP contribution in [0.1, 0.15) is 87.3 Å². The van der Waals surface area contributed by atoms with Crippen LogP contribution in [0, 0.1) is 0 Å². The monoisotopic (exact) mass is 673 g/mol. The lowest BCUT2D eigenvalue weighted by Crippen LogP contribution is -2.57. The first kappa shape index (κ1) is 33.1. The third-order valence-electron chi connectivity index (χ3n) is 10.5. The predicted molar refractivity (Wildman–Crippen MR) is 184 cm³/mol. The van der Waals surface area contributed by atoms with E-state index in [4.69, 9.17) is 4.98 Å². The number of fused-ring (bicyclic) bond motifs is 2. The van der Waals surface area contributed by atoms with Gasteiger partial charge >= 0.3 is 6.18 Å². The van der Waals surface area contributed by atoms with Crippen LogP contribution in [0.15, 0.2) is 48.8 Å². The Bertz CT molecular complexity index is 1940. The average molecular weight is 674 g/mol. The zero-order valence-corrected chi connectivity index (χ0v) is 28.5. The molecular weight excluding hydrogens is 631 g/mol. The van der Waals surface area contributed by atoms with E-state index in [0.717, 1.165) is 48.8 Å². The number of piperidine rings is 1. The molecule has 7 rings (SSSR count). The molecule has 9 nitrogen and oxygen atoms in total. The quantitative estimate of drug-likeness (QED) is 0.212. The molecule has 0 unspecified atom stereocenters. The SMILES string of the molecule is CNC(=O)c1cc(Nc2nc(-c3ccc4c(c3)N(C3CC(N5CCCCC5)C3)C(=O)C4(C)C)cc3ncn(C(C)C)c23)ccc1C(F)(F)F. The number of carbonyl (C=O) groups excluding carboxylic acids is 2. The van der Waals surface area contributed by atoms with E-state index in [1.54, 1.807) is 6.33 Å². The van der Waals surface area contributed by atoms with E-state index in [0.29, 0.717) is 28.6 Å². The van der Waals surface area contributed by atoms with Gasteiger partial charge in [-0.05, 0) is 102 Å². The number of alkyl halides is 3. The summed E-state index contributed by atoms with van der Waals surface area (Å²) in [6.07, 6.45) is 2.70. The summed E-state index contributed by atoms with van der Waals surface area (Å²) in [7, 11) is 1.29. The lowest BCUT2D eigenvalue weighted by atomic mass is 9.82. The predicted octanol–water partition coefficient (Wildman–Crippen LogP) is 7.44. The maximum Gasteiger partial charge on any atom is 0.417 e. The Balaban J connectivity index is 1.27. The third kappa shape index (κ3) is 5.73. The van der Waals surface area contributed by atoms with Crippen LogP contribution in [-0.2, 0) is 16.4 Å². The number of nitrogens with one attached hydrogen (secondary N) is 2. The minimum absolute atomic E-state index is 0.0188. The molecule has 2 N–H and O–H groups in total. The number of halogens is 3. The summed E-state index contributed by atoms with van der Waals surface area (Å²) in [5.74, 6) is -0.347. The van der Waals surface area contributed by atoms with Crippen LogP contribution in [-0.4, -0.2) is 63.5 Å². The Hall–Kier alpha value is -4.45. The molecule has 3 aliphatic rings. The van der Waals surface area contributed by atoms with Crippen molar-refractivity contribution in [3.63, 3.8) is 0 Å². The molecule has 0 bridgehead atoms. The molecule has 4 heterocycles. The highest BCUT2D eigenvalue weighted by Gasteiger charge is 2.50. The van der Waals surface area contributed by atoms with E-state index in [9.17, 15) is 22.8 Å². The number of nitrogens with zero attached hydrogens (tertiary/aromatic N) is 5. The number of carbonyl (C=O) groups is 2. The first-order chi connectivity index (χ1) is 23.3. The molecule has 0 spiro atoms. The Morgan fingerprint density at radius 1 is 1.00 bits per heavy atom. The van der Waals surface area contributed by atoms with Crippen molar-refractivity contribution >= 4 is 40.0 Å². The number of amides is 2. The van der Waals surface area contributed by atoms with Crippen molar-refractivity contribution in [2.45, 2.75) is 89.5 Å². The van der Waals surface area contributed by atoms with Gasteiger partial charge in [-0.2, -0.15) is 13.2 Å². The highest BCUT2D eigenvalue weighted by Crippen LogP contribution is 2.48. The Kier molecular flexibility index (Phi) is 8.20. The molecule has 1 aliphatic carbocycles. The van der Waals surface area contributed by atoms with Crippen molar-refractivity contribution < 1.29 is 22.8 Å². The highest BCUT2D eigenvalue weighted by molar-refractivity contribution is 6.09. The minimum Gasteiger partial charge on any atom is -0.355 e. The average Bonchev–Trinajstić information content (AvgIpc) is 3.57. The number of hydrogen-bond donors (Lipinski definition) is 2. The Morgan fingerprint density at radius 3 is 2.41 bits per heavy atom. The second-order valence-electron chi connectivity index (χ2n) is 14.3. The fourth-order valence-corrected chi connectivity index (χ4v) is 7.67. The van der Waals surface area contributed by atoms with Crippen LogP contribution < -0.4 is 15.5 Å². The van der Waals surface area contributed by atoms with E-state index >= 15 is 0 Å². The van der Waals surface area contributed by atoms with Gasteiger partial charge in [0.2, 0.25) is 5.91 Å². The van der Waals surface area contributed by atoms with Crippen LogP contribution in [0.5, 0.6) is 0 Å². The van der Waals surface area contributed by atoms with E-state index < -0.39 is 28.6 Å². The van der Waals surface area contributed by atoms with Gasteiger partial charge in [0.15, 0.2) is 5.82 Å². The molecule has 0 atom stereocenters. The number of rotatable bonds is 7. The normalized spacial score (nSPS) is 20.8. The van der Waals surface area contributed by atoms with Crippen LogP contribution in [0.4, 0.5) is 30.4 Å². The van der Waals surface area contributed by atoms with Gasteiger partial charge in [-0.1, -0.05) is 18.6 Å². The molecule has 2 fully saturated rings. The fourth-order valence-electron chi connectivity index (χ4n) is 7.67. The summed E-state index contributed by atoms with van der Waals surface area (Å²) >= 11 is 0. The molecule has 49 heavy (non-hydrogen) atoms. The molecule has 1 saturated carbocycles. The van der Waals surface area contributed by atoms with Crippen molar-refractivity contribution in [1.82, 2.24) is 24.8 Å². The number of imidazole rings is 1. The molecule has 2 amide bonds. The number of aromatic nitrogens is 3. The number of pyridine rings is 1. The zero-order valence-electron chi connectivity index (χ0n) is 28.5. The highest BCUT2D eigenvalue weighted by atomic mass is 19.4. The van der Waals surface area contributed by atoms with E-state index in [2.05, 4.69) is 20.5 Å². The molecule has 1 saturated heterocycles. The molecule has 4 aromatic rings. The molecule has 2 aliphatic heterocycles. The maximum atomic E-state index is 13.9. The third-order valence-corrected chi connectivity index (χ3v) is 10.5. The summed E-state index contributed by atoms with van der Waals surface area (Å²) in [4.78, 5) is 40.7. The zero-order chi connectivity index (χ0) is 34.8. The van der Waals surface area contributed by atoms with Crippen molar-refractivity contribution in [2.75, 3.05) is 30.4 Å². The van der Waals surface area contributed by atoms with E-state index in [-0.39, 0.29) is 23.7 Å². The fraction of sp³-hybridized carbons (Fsp3) is 0.459. The summed E-state index contributed by atoms with van der Waals surface area (Å²) in [5.41, 5.74) is 2.71. The Morgan fingerprint density at radius 2 is 1.73 bits per heavy atom. The van der Waals surface area contributed by atoms with Gasteiger partial charge in [0.1, 0.15) is 5.52 Å². The van der Waals surface area contributed by atoms with Crippen molar-refractivity contribution in [3.05, 3.63) is 65.5 Å². The maximum absolute atomic E-state index is 13.9. The lowest BCUT2D eigenvalue weighted by molar-refractivity contribution is -0.138. The van der Waals surface area contributed by atoms with Crippen molar-refractivity contribution in [2.24, 2.45) is 0 Å². The second-order valence-corrected chi connectivity index (χ2v) is 14.3. The number of anilines is 3. The molecule has 2 aromatic carbocycles. The number of hydrogen-bond acceptors (Lipinski definition) is 6. The molecule has 0 radical (unpaired) electrons. The van der Waals surface area contributed by atoms with Crippen molar-refractivity contribution in [1.29, 1.82) is 0 Å². The molecule has 258 valence electrons. The van der Waals surface area contributed by atoms with Crippen molar-refractivity contribution in [3.8, 4) is 11.3 Å². The van der Waals surface area contributed by atoms with Gasteiger partial charge in [0, 0.05) is 42.1 Å². The van der Waals surface area contributed by atoms with Crippen LogP contribution in [0.3, 0.4) is 0 Å². The van der Waals surface area contributed by atoms with Gasteiger partial charge in [0.25, 0.3) is 5.91 Å². The number of likely N-dealkylation sites (tertiary alicyclic amines) is 1. The van der Waals surface area contributed by atoms with Gasteiger partial charge in [-0.25, -0.2) is 9.97 Å². The van der Waals surface area contributed by atoms with E-state index in [1.807, 2.05) is 61.4 Å². The molecule has 12 heteroatoms. The van der Waals surface area contributed by atoms with Crippen LogP contribution in [0.2, 0.25) is 0 Å². The topological polar surface area (TPSA) is 95.4 Å². The van der Waals surface area contributed by atoms with Gasteiger partial charge in [-0.3, -0.25) is 9.59 Å². The molecular formula is C37H42F3N7O2. The van der Waals surface area contributed by atoms with Crippen LogP contribution in [0.25, 0.3) is 22.3 Å². The van der Waals surface area contributed by atoms with Gasteiger partial charge in [-0.15, -0.1) is 0 Å². The smallest absolute Gasteiger partial charge is 0.355 e. The summed E-state index contributed by atoms with van der Waals surface area (Å²) < 4.78 is 43.3. The van der Waals surface area contributed by atoms with Gasteiger partial charge in [0.05, 0.1) is 34.1 Å². The second kappa shape index (κ2) is 12.2. The Labute approximate surface area is 283 Å². The summed E-state index contributed by atoms with van der Waals surface area (Å²) in [5, 5.41) is 5.51. The summed E-state index contributed by atoms with van der Waals surface area (Å²) in [6.45, 7) is 10.2. The van der Waals surface area contributed by atoms with Gasteiger partial charge < -0.3 is 25.0 Å². The number of benzene rings is 2. The largest absolute Gasteiger partial charge is 0.417 e. The first-order valence-electron chi connectivity index (χ1n) is 17.1. The standard InChI is InChI=1S/C37H42F3N7O2/c1-21(2)46-20-42-30-19-29(44-33(32(30)46)43-23-10-12-27(37(38,39)40)26(16-23)34(48)41-5)22-9-11-28-31(15-22)47(35(49)36(28,3)4)25-17-24(18-25)45-13-7-6-8-14-45/h9-12,15-16,19-21,24-25H,6-8,13-14,17-18H2,1-5H3,(H,41,48)(H,43,44). The lowest BCUT2D eigenvalue weighted by Gasteiger charge is -2.48. The minimum atomic E-state index is -4.70. The first-order valence-corrected chi connectivity index (χ1v) is 17.1. The van der Waals surface area contributed by atoms with E-state index in [1.165, 1.54) is 38.4 Å².